The molecule has 148 valence electrons. The molecule has 2 aromatic carbocycles. The van der Waals surface area contributed by atoms with E-state index in [-0.39, 0.29) is 16.5 Å². The van der Waals surface area contributed by atoms with E-state index in [0.29, 0.717) is 40.9 Å². The molecule has 1 heterocycles. The molecule has 0 aromatic heterocycles. The highest BCUT2D eigenvalue weighted by atomic mass is 35.5. The van der Waals surface area contributed by atoms with Crippen molar-refractivity contribution >= 4 is 40.7 Å². The summed E-state index contributed by atoms with van der Waals surface area (Å²) in [5.41, 5.74) is 0.906. The van der Waals surface area contributed by atoms with Gasteiger partial charge < -0.3 is 19.7 Å². The van der Waals surface area contributed by atoms with E-state index in [1.54, 1.807) is 23.1 Å². The number of halogens is 2. The fraction of sp³-hybridized carbons (Fsp3) is 0.300. The molecule has 28 heavy (non-hydrogen) atoms. The van der Waals surface area contributed by atoms with Gasteiger partial charge in [-0.1, -0.05) is 23.2 Å². The van der Waals surface area contributed by atoms with E-state index >= 15 is 0 Å². The Morgan fingerprint density at radius 2 is 1.61 bits per heavy atom. The largest absolute Gasteiger partial charge is 0.493 e. The summed E-state index contributed by atoms with van der Waals surface area (Å²) in [4.78, 5) is 27.5. The third-order valence-electron chi connectivity index (χ3n) is 4.57. The fourth-order valence-corrected chi connectivity index (χ4v) is 3.61. The first-order valence-corrected chi connectivity index (χ1v) is 9.52. The average Bonchev–Trinajstić information content (AvgIpc) is 3.21. The number of likely N-dealkylation sites (tertiary alicyclic amines) is 1. The quantitative estimate of drug-likeness (QED) is 0.769. The van der Waals surface area contributed by atoms with Crippen LogP contribution in [-0.4, -0.2) is 44.0 Å². The molecule has 1 aliphatic heterocycles. The van der Waals surface area contributed by atoms with E-state index in [9.17, 15) is 9.59 Å². The number of hydrogen-bond acceptors (Lipinski definition) is 4. The molecule has 0 atom stereocenters. The zero-order chi connectivity index (χ0) is 20.3. The topological polar surface area (TPSA) is 67.9 Å². The monoisotopic (exact) mass is 422 g/mol. The van der Waals surface area contributed by atoms with Gasteiger partial charge in [0.15, 0.2) is 11.5 Å². The van der Waals surface area contributed by atoms with Crippen LogP contribution in [-0.2, 0) is 0 Å². The molecule has 1 aliphatic rings. The molecule has 2 amide bonds. The number of carbonyl (C=O) groups is 2. The van der Waals surface area contributed by atoms with Crippen molar-refractivity contribution in [3.8, 4) is 11.5 Å². The Morgan fingerprint density at radius 3 is 2.21 bits per heavy atom. The number of methoxy groups -OCH3 is 2. The second-order valence-electron chi connectivity index (χ2n) is 6.33. The summed E-state index contributed by atoms with van der Waals surface area (Å²) in [5.74, 6) is 0.186. The van der Waals surface area contributed by atoms with Gasteiger partial charge in [-0.05, 0) is 37.1 Å². The molecular weight excluding hydrogens is 403 g/mol. The zero-order valence-electron chi connectivity index (χ0n) is 15.6. The molecule has 0 unspecified atom stereocenters. The minimum absolute atomic E-state index is 0.170. The van der Waals surface area contributed by atoms with Gasteiger partial charge in [-0.3, -0.25) is 9.59 Å². The first-order valence-electron chi connectivity index (χ1n) is 8.76. The number of carbonyl (C=O) groups excluding carboxylic acids is 2. The van der Waals surface area contributed by atoms with Crippen molar-refractivity contribution in [3.63, 3.8) is 0 Å². The van der Waals surface area contributed by atoms with Crippen molar-refractivity contribution in [2.45, 2.75) is 12.8 Å². The SMILES string of the molecule is COc1cc(NC(=O)c2ccc(Cl)cc2Cl)c(C(=O)N2CCCC2)cc1OC. The van der Waals surface area contributed by atoms with Crippen molar-refractivity contribution in [1.29, 1.82) is 0 Å². The normalized spacial score (nSPS) is 13.4. The van der Waals surface area contributed by atoms with Gasteiger partial charge in [-0.15, -0.1) is 0 Å². The predicted octanol–water partition coefficient (Wildman–Crippen LogP) is 4.50. The van der Waals surface area contributed by atoms with E-state index in [0.717, 1.165) is 12.8 Å². The number of ether oxygens (including phenoxy) is 2. The summed E-state index contributed by atoms with van der Waals surface area (Å²) < 4.78 is 10.6. The maximum atomic E-state index is 13.0. The highest BCUT2D eigenvalue weighted by Crippen LogP contribution is 2.35. The van der Waals surface area contributed by atoms with Crippen LogP contribution < -0.4 is 14.8 Å². The van der Waals surface area contributed by atoms with Gasteiger partial charge in [0, 0.05) is 24.2 Å². The van der Waals surface area contributed by atoms with Crippen molar-refractivity contribution in [3.05, 3.63) is 51.5 Å². The average molecular weight is 423 g/mol. The molecule has 0 aliphatic carbocycles. The predicted molar refractivity (Wildman–Crippen MR) is 109 cm³/mol. The number of nitrogens with zero attached hydrogens (tertiary/aromatic N) is 1. The summed E-state index contributed by atoms with van der Waals surface area (Å²) in [6, 6.07) is 7.75. The third-order valence-corrected chi connectivity index (χ3v) is 5.12. The van der Waals surface area contributed by atoms with E-state index in [2.05, 4.69) is 5.32 Å². The Hall–Kier alpha value is -2.44. The van der Waals surface area contributed by atoms with Crippen LogP contribution in [0.4, 0.5) is 5.69 Å². The van der Waals surface area contributed by atoms with E-state index < -0.39 is 5.91 Å². The molecule has 3 rings (SSSR count). The summed E-state index contributed by atoms with van der Waals surface area (Å²) >= 11 is 12.0. The van der Waals surface area contributed by atoms with Gasteiger partial charge in [0.2, 0.25) is 0 Å². The molecule has 6 nitrogen and oxygen atoms in total. The number of hydrogen-bond donors (Lipinski definition) is 1. The molecule has 1 N–H and O–H groups in total. The second kappa shape index (κ2) is 8.71. The standard InChI is InChI=1S/C20H20Cl2N2O4/c1-27-17-10-14(20(26)24-7-3-4-8-24)16(11-18(17)28-2)23-19(25)13-6-5-12(21)9-15(13)22/h5-6,9-11H,3-4,7-8H2,1-2H3,(H,23,25). The van der Waals surface area contributed by atoms with Gasteiger partial charge in [-0.2, -0.15) is 0 Å². The van der Waals surface area contributed by atoms with Crippen molar-refractivity contribution in [1.82, 2.24) is 4.90 Å². The maximum absolute atomic E-state index is 13.0. The lowest BCUT2D eigenvalue weighted by Crippen LogP contribution is -2.29. The van der Waals surface area contributed by atoms with Gasteiger partial charge in [0.25, 0.3) is 11.8 Å². The lowest BCUT2D eigenvalue weighted by molar-refractivity contribution is 0.0793. The smallest absolute Gasteiger partial charge is 0.257 e. The molecule has 1 saturated heterocycles. The summed E-state index contributed by atoms with van der Waals surface area (Å²) in [5, 5.41) is 3.42. The lowest BCUT2D eigenvalue weighted by Gasteiger charge is -2.20. The lowest BCUT2D eigenvalue weighted by atomic mass is 10.1. The van der Waals surface area contributed by atoms with Crippen LogP contribution >= 0.6 is 23.2 Å². The van der Waals surface area contributed by atoms with Crippen LogP contribution in [0.3, 0.4) is 0 Å². The fourth-order valence-electron chi connectivity index (χ4n) is 3.11. The third kappa shape index (κ3) is 4.18. The number of nitrogens with one attached hydrogen (secondary N) is 1. The minimum Gasteiger partial charge on any atom is -0.493 e. The molecule has 8 heteroatoms. The molecule has 0 saturated carbocycles. The van der Waals surface area contributed by atoms with Gasteiger partial charge in [-0.25, -0.2) is 0 Å². The Bertz CT molecular complexity index is 911. The Balaban J connectivity index is 1.99. The van der Waals surface area contributed by atoms with Crippen LogP contribution in [0.2, 0.25) is 10.0 Å². The molecule has 0 bridgehead atoms. The minimum atomic E-state index is -0.454. The van der Waals surface area contributed by atoms with Gasteiger partial charge >= 0.3 is 0 Å². The molecule has 1 fully saturated rings. The van der Waals surface area contributed by atoms with E-state index in [4.69, 9.17) is 32.7 Å². The summed E-state index contributed by atoms with van der Waals surface area (Å²) in [6.07, 6.45) is 1.92. The second-order valence-corrected chi connectivity index (χ2v) is 7.17. The summed E-state index contributed by atoms with van der Waals surface area (Å²) in [6.45, 7) is 1.37. The van der Waals surface area contributed by atoms with Crippen molar-refractivity contribution in [2.24, 2.45) is 0 Å². The molecular formula is C20H20Cl2N2O4. The molecule has 2 aromatic rings. The molecule has 0 radical (unpaired) electrons. The first kappa shape index (κ1) is 20.3. The van der Waals surface area contributed by atoms with Crippen LogP contribution in [0.5, 0.6) is 11.5 Å². The number of anilines is 1. The zero-order valence-corrected chi connectivity index (χ0v) is 17.1. The Labute approximate surface area is 173 Å². The Kier molecular flexibility index (Phi) is 6.31. The highest BCUT2D eigenvalue weighted by molar-refractivity contribution is 6.37. The first-order chi connectivity index (χ1) is 13.4. The van der Waals surface area contributed by atoms with Crippen molar-refractivity contribution in [2.75, 3.05) is 32.6 Å². The van der Waals surface area contributed by atoms with Crippen LogP contribution in [0.15, 0.2) is 30.3 Å². The highest BCUT2D eigenvalue weighted by Gasteiger charge is 2.25. The van der Waals surface area contributed by atoms with E-state index in [1.807, 2.05) is 0 Å². The van der Waals surface area contributed by atoms with Crippen LogP contribution in [0, 0.1) is 0 Å². The van der Waals surface area contributed by atoms with E-state index in [1.165, 1.54) is 26.4 Å². The van der Waals surface area contributed by atoms with Crippen molar-refractivity contribution < 1.29 is 19.1 Å². The summed E-state index contributed by atoms with van der Waals surface area (Å²) in [7, 11) is 2.98. The number of benzene rings is 2. The van der Waals surface area contributed by atoms with Crippen LogP contribution in [0.25, 0.3) is 0 Å². The number of amides is 2. The molecule has 0 spiro atoms. The maximum Gasteiger partial charge on any atom is 0.257 e. The van der Waals surface area contributed by atoms with Gasteiger partial charge in [0.1, 0.15) is 0 Å². The van der Waals surface area contributed by atoms with Crippen LogP contribution in [0.1, 0.15) is 33.6 Å². The number of rotatable bonds is 5. The Morgan fingerprint density at radius 1 is 0.964 bits per heavy atom. The van der Waals surface area contributed by atoms with Gasteiger partial charge in [0.05, 0.1) is 36.1 Å².